The molecule has 1 amide bonds. The molecular formula is C21H25BrN4O3. The fourth-order valence-electron chi connectivity index (χ4n) is 3.20. The van der Waals surface area contributed by atoms with Crippen molar-refractivity contribution in [3.63, 3.8) is 0 Å². The number of hydrogen-bond acceptors (Lipinski definition) is 5. The molecule has 0 spiro atoms. The van der Waals surface area contributed by atoms with Crippen molar-refractivity contribution in [2.45, 2.75) is 47.4 Å². The molecule has 2 aromatic heterocycles. The SMILES string of the molecule is CCn1ncc(Br)c1CN(C)C(=O)c1noc(C)c1COc1c(C)cccc1C. The molecule has 0 aliphatic heterocycles. The molecule has 2 heterocycles. The molecule has 0 aliphatic rings. The molecule has 0 aliphatic carbocycles. The van der Waals surface area contributed by atoms with Gasteiger partial charge in [-0.3, -0.25) is 9.48 Å². The molecule has 0 bridgehead atoms. The smallest absolute Gasteiger partial charge is 0.276 e. The highest BCUT2D eigenvalue weighted by Crippen LogP contribution is 2.26. The third-order valence-corrected chi connectivity index (χ3v) is 5.55. The largest absolute Gasteiger partial charge is 0.488 e. The maximum absolute atomic E-state index is 13.1. The van der Waals surface area contributed by atoms with E-state index in [1.807, 2.05) is 43.7 Å². The second-order valence-corrected chi connectivity index (χ2v) is 7.85. The summed E-state index contributed by atoms with van der Waals surface area (Å²) in [6.45, 7) is 9.13. The number of rotatable bonds is 7. The average molecular weight is 461 g/mol. The average Bonchev–Trinajstić information content (AvgIpc) is 3.23. The zero-order valence-corrected chi connectivity index (χ0v) is 18.9. The fraction of sp³-hybridized carbons (Fsp3) is 0.381. The second-order valence-electron chi connectivity index (χ2n) is 6.99. The van der Waals surface area contributed by atoms with Crippen molar-refractivity contribution < 1.29 is 14.1 Å². The molecule has 7 nitrogen and oxygen atoms in total. The highest BCUT2D eigenvalue weighted by molar-refractivity contribution is 9.10. The van der Waals surface area contributed by atoms with Crippen LogP contribution in [0.3, 0.4) is 0 Å². The van der Waals surface area contributed by atoms with Gasteiger partial charge in [0.15, 0.2) is 5.69 Å². The van der Waals surface area contributed by atoms with Gasteiger partial charge < -0.3 is 14.2 Å². The van der Waals surface area contributed by atoms with Gasteiger partial charge in [0.25, 0.3) is 5.91 Å². The van der Waals surface area contributed by atoms with Crippen LogP contribution in [0.2, 0.25) is 0 Å². The first kappa shape index (κ1) is 21.1. The molecule has 0 N–H and O–H groups in total. The summed E-state index contributed by atoms with van der Waals surface area (Å²) in [6.07, 6.45) is 1.74. The summed E-state index contributed by atoms with van der Waals surface area (Å²) in [6, 6.07) is 5.99. The number of halogens is 1. The molecule has 3 rings (SSSR count). The van der Waals surface area contributed by atoms with E-state index in [9.17, 15) is 4.79 Å². The Labute approximate surface area is 178 Å². The van der Waals surface area contributed by atoms with E-state index in [0.29, 0.717) is 17.9 Å². The first-order valence-corrected chi connectivity index (χ1v) is 10.2. The first-order chi connectivity index (χ1) is 13.8. The van der Waals surface area contributed by atoms with Crippen LogP contribution in [0.1, 0.15) is 45.6 Å². The van der Waals surface area contributed by atoms with Crippen molar-refractivity contribution in [1.29, 1.82) is 0 Å². The second kappa shape index (κ2) is 8.82. The summed E-state index contributed by atoms with van der Waals surface area (Å²) in [5.41, 5.74) is 3.95. The number of benzene rings is 1. The van der Waals surface area contributed by atoms with Crippen LogP contribution in [0.25, 0.3) is 0 Å². The van der Waals surface area contributed by atoms with Crippen molar-refractivity contribution in [1.82, 2.24) is 19.8 Å². The quantitative estimate of drug-likeness (QED) is 0.521. The zero-order valence-electron chi connectivity index (χ0n) is 17.3. The van der Waals surface area contributed by atoms with Gasteiger partial charge in [-0.05, 0) is 54.8 Å². The lowest BCUT2D eigenvalue weighted by atomic mass is 10.1. The molecule has 29 heavy (non-hydrogen) atoms. The maximum atomic E-state index is 13.1. The van der Waals surface area contributed by atoms with E-state index in [2.05, 4.69) is 26.2 Å². The molecule has 0 atom stereocenters. The topological polar surface area (TPSA) is 73.4 Å². The van der Waals surface area contributed by atoms with Gasteiger partial charge >= 0.3 is 0 Å². The maximum Gasteiger partial charge on any atom is 0.276 e. The summed E-state index contributed by atoms with van der Waals surface area (Å²) in [5.74, 6) is 1.17. The van der Waals surface area contributed by atoms with Crippen LogP contribution in [0.5, 0.6) is 5.75 Å². The normalized spacial score (nSPS) is 11.0. The van der Waals surface area contributed by atoms with E-state index in [-0.39, 0.29) is 18.2 Å². The third-order valence-electron chi connectivity index (χ3n) is 4.89. The van der Waals surface area contributed by atoms with Crippen LogP contribution < -0.4 is 4.74 Å². The van der Waals surface area contributed by atoms with Gasteiger partial charge in [-0.25, -0.2) is 0 Å². The molecule has 0 fully saturated rings. The van der Waals surface area contributed by atoms with Gasteiger partial charge in [0, 0.05) is 13.6 Å². The minimum absolute atomic E-state index is 0.215. The molecule has 0 saturated carbocycles. The van der Waals surface area contributed by atoms with Crippen LogP contribution in [-0.4, -0.2) is 32.8 Å². The Bertz CT molecular complexity index is 1000. The van der Waals surface area contributed by atoms with Crippen LogP contribution >= 0.6 is 15.9 Å². The molecule has 3 aromatic rings. The Morgan fingerprint density at radius 1 is 1.28 bits per heavy atom. The summed E-state index contributed by atoms with van der Waals surface area (Å²) in [4.78, 5) is 14.7. The van der Waals surface area contributed by atoms with Gasteiger partial charge in [0.05, 0.1) is 28.5 Å². The zero-order chi connectivity index (χ0) is 21.1. The highest BCUT2D eigenvalue weighted by Gasteiger charge is 2.25. The van der Waals surface area contributed by atoms with Gasteiger partial charge in [-0.1, -0.05) is 23.4 Å². The monoisotopic (exact) mass is 460 g/mol. The lowest BCUT2D eigenvalue weighted by Gasteiger charge is -2.18. The van der Waals surface area contributed by atoms with E-state index in [1.54, 1.807) is 25.1 Å². The molecule has 0 unspecified atom stereocenters. The molecule has 0 saturated heterocycles. The van der Waals surface area contributed by atoms with E-state index >= 15 is 0 Å². The number of ether oxygens (including phenoxy) is 1. The van der Waals surface area contributed by atoms with Crippen molar-refractivity contribution in [3.05, 3.63) is 62.7 Å². The van der Waals surface area contributed by atoms with E-state index in [4.69, 9.17) is 9.26 Å². The first-order valence-electron chi connectivity index (χ1n) is 9.43. The fourth-order valence-corrected chi connectivity index (χ4v) is 3.62. The number of nitrogens with zero attached hydrogens (tertiary/aromatic N) is 4. The highest BCUT2D eigenvalue weighted by atomic mass is 79.9. The number of hydrogen-bond donors (Lipinski definition) is 0. The molecule has 0 radical (unpaired) electrons. The molecule has 8 heteroatoms. The number of carbonyl (C=O) groups excluding carboxylic acids is 1. The van der Waals surface area contributed by atoms with Crippen molar-refractivity contribution >= 4 is 21.8 Å². The molecular weight excluding hydrogens is 436 g/mol. The minimum Gasteiger partial charge on any atom is -0.488 e. The van der Waals surface area contributed by atoms with Gasteiger partial charge in [-0.2, -0.15) is 5.10 Å². The summed E-state index contributed by atoms with van der Waals surface area (Å²) >= 11 is 3.50. The van der Waals surface area contributed by atoms with Crippen molar-refractivity contribution in [3.8, 4) is 5.75 Å². The Hall–Kier alpha value is -2.61. The van der Waals surface area contributed by atoms with Gasteiger partial charge in [-0.15, -0.1) is 0 Å². The Balaban J connectivity index is 1.79. The summed E-state index contributed by atoms with van der Waals surface area (Å²) in [7, 11) is 1.74. The Morgan fingerprint density at radius 3 is 2.62 bits per heavy atom. The predicted octanol–water partition coefficient (Wildman–Crippen LogP) is 4.43. The number of amides is 1. The number of aryl methyl sites for hydroxylation is 4. The lowest BCUT2D eigenvalue weighted by molar-refractivity contribution is 0.0768. The van der Waals surface area contributed by atoms with E-state index in [1.165, 1.54) is 0 Å². The molecule has 1 aromatic carbocycles. The Kier molecular flexibility index (Phi) is 6.42. The third kappa shape index (κ3) is 4.37. The van der Waals surface area contributed by atoms with E-state index in [0.717, 1.165) is 33.6 Å². The van der Waals surface area contributed by atoms with E-state index < -0.39 is 0 Å². The summed E-state index contributed by atoms with van der Waals surface area (Å²) < 4.78 is 14.1. The number of para-hydroxylation sites is 1. The van der Waals surface area contributed by atoms with Crippen LogP contribution in [0.15, 0.2) is 33.4 Å². The van der Waals surface area contributed by atoms with Gasteiger partial charge in [0.2, 0.25) is 0 Å². The van der Waals surface area contributed by atoms with Crippen LogP contribution in [-0.2, 0) is 19.7 Å². The van der Waals surface area contributed by atoms with Gasteiger partial charge in [0.1, 0.15) is 18.1 Å². The number of carbonyl (C=O) groups is 1. The number of aromatic nitrogens is 3. The standard InChI is InChI=1S/C21H25BrN4O3/c1-6-26-18(17(22)10-23-26)11-25(5)21(27)19-16(15(4)29-24-19)12-28-20-13(2)8-7-9-14(20)3/h7-10H,6,11-12H2,1-5H3. The minimum atomic E-state index is -0.224. The molecule has 154 valence electrons. The predicted molar refractivity (Wildman–Crippen MR) is 113 cm³/mol. The van der Waals surface area contributed by atoms with Crippen LogP contribution in [0, 0.1) is 20.8 Å². The lowest BCUT2D eigenvalue weighted by Crippen LogP contribution is -2.29. The van der Waals surface area contributed by atoms with Crippen LogP contribution in [0.4, 0.5) is 0 Å². The summed E-state index contributed by atoms with van der Waals surface area (Å²) in [5, 5.41) is 8.31. The van der Waals surface area contributed by atoms with Crippen molar-refractivity contribution in [2.75, 3.05) is 7.05 Å². The van der Waals surface area contributed by atoms with Crippen molar-refractivity contribution in [2.24, 2.45) is 0 Å². The Morgan fingerprint density at radius 2 is 1.97 bits per heavy atom.